The summed E-state index contributed by atoms with van der Waals surface area (Å²) in [5.74, 6) is -1.59. The quantitative estimate of drug-likeness (QED) is 0.726. The summed E-state index contributed by atoms with van der Waals surface area (Å²) < 4.78 is 5.14. The third-order valence-corrected chi connectivity index (χ3v) is 2.83. The first-order valence-corrected chi connectivity index (χ1v) is 5.27. The van der Waals surface area contributed by atoms with Crippen LogP contribution in [0, 0.1) is 5.92 Å². The fourth-order valence-electron chi connectivity index (χ4n) is 1.95. The standard InChI is InChI=1S/C12H13NO4/c1-17-10-5-3-2-4-9(10)13-7-8(12(15)16)6-11(13)14/h2-5,8H,6-7H2,1H3,(H,15,16)/p-1/t8-/m1/s1. The van der Waals surface area contributed by atoms with Gasteiger partial charge in [-0.15, -0.1) is 0 Å². The van der Waals surface area contributed by atoms with E-state index < -0.39 is 11.9 Å². The molecule has 1 aromatic carbocycles. The first-order valence-electron chi connectivity index (χ1n) is 5.27. The SMILES string of the molecule is COc1ccccc1N1C[C@H](C(=O)[O-])CC1=O. The first-order chi connectivity index (χ1) is 8.13. The molecule has 0 bridgehead atoms. The zero-order valence-electron chi connectivity index (χ0n) is 9.38. The molecular formula is C12H12NO4-. The molecule has 1 aromatic rings. The number of carbonyl (C=O) groups excluding carboxylic acids is 2. The van der Waals surface area contributed by atoms with Gasteiger partial charge in [0.1, 0.15) is 5.75 Å². The number of carboxylic acids is 1. The van der Waals surface area contributed by atoms with Crippen molar-refractivity contribution in [2.75, 3.05) is 18.6 Å². The monoisotopic (exact) mass is 234 g/mol. The van der Waals surface area contributed by atoms with Crippen molar-refractivity contribution in [1.82, 2.24) is 0 Å². The zero-order valence-corrected chi connectivity index (χ0v) is 9.38. The molecule has 1 aliphatic heterocycles. The Morgan fingerprint density at radius 2 is 2.18 bits per heavy atom. The number of carbonyl (C=O) groups is 2. The van der Waals surface area contributed by atoms with Crippen molar-refractivity contribution in [2.24, 2.45) is 5.92 Å². The second kappa shape index (κ2) is 4.45. The van der Waals surface area contributed by atoms with Gasteiger partial charge in [0.2, 0.25) is 5.91 Å². The van der Waals surface area contributed by atoms with Crippen LogP contribution in [-0.2, 0) is 9.59 Å². The highest BCUT2D eigenvalue weighted by atomic mass is 16.5. The lowest BCUT2D eigenvalue weighted by molar-refractivity contribution is -0.310. The topological polar surface area (TPSA) is 69.7 Å². The Morgan fingerprint density at radius 1 is 1.47 bits per heavy atom. The number of methoxy groups -OCH3 is 1. The molecule has 1 amide bonds. The molecule has 0 saturated carbocycles. The van der Waals surface area contributed by atoms with Crippen LogP contribution in [0.25, 0.3) is 0 Å². The van der Waals surface area contributed by atoms with Crippen LogP contribution in [0.5, 0.6) is 5.75 Å². The molecule has 0 spiro atoms. The minimum Gasteiger partial charge on any atom is -0.550 e. The molecule has 0 unspecified atom stereocenters. The summed E-state index contributed by atoms with van der Waals surface area (Å²) in [6.45, 7) is 0.140. The molecule has 1 fully saturated rings. The van der Waals surface area contributed by atoms with E-state index in [1.807, 2.05) is 0 Å². The number of anilines is 1. The molecule has 0 aliphatic carbocycles. The van der Waals surface area contributed by atoms with Crippen molar-refractivity contribution in [1.29, 1.82) is 0 Å². The van der Waals surface area contributed by atoms with Gasteiger partial charge >= 0.3 is 0 Å². The summed E-state index contributed by atoms with van der Waals surface area (Å²) in [5, 5.41) is 10.8. The molecule has 1 aliphatic rings. The number of rotatable bonds is 3. The predicted octanol–water partition coefficient (Wildman–Crippen LogP) is -0.202. The molecule has 0 radical (unpaired) electrons. The first kappa shape index (κ1) is 11.4. The maximum absolute atomic E-state index is 11.7. The van der Waals surface area contributed by atoms with E-state index in [2.05, 4.69) is 0 Å². The predicted molar refractivity (Wildman–Crippen MR) is 58.5 cm³/mol. The average molecular weight is 234 g/mol. The van der Waals surface area contributed by atoms with E-state index in [0.717, 1.165) is 0 Å². The largest absolute Gasteiger partial charge is 0.550 e. The molecule has 1 saturated heterocycles. The van der Waals surface area contributed by atoms with Crippen molar-refractivity contribution >= 4 is 17.6 Å². The van der Waals surface area contributed by atoms with Crippen molar-refractivity contribution in [2.45, 2.75) is 6.42 Å². The van der Waals surface area contributed by atoms with Crippen molar-refractivity contribution in [3.05, 3.63) is 24.3 Å². The third-order valence-electron chi connectivity index (χ3n) is 2.83. The number of aliphatic carboxylic acids is 1. The van der Waals surface area contributed by atoms with E-state index in [-0.39, 0.29) is 18.9 Å². The fourth-order valence-corrected chi connectivity index (χ4v) is 1.95. The van der Waals surface area contributed by atoms with Gasteiger partial charge in [-0.1, -0.05) is 12.1 Å². The summed E-state index contributed by atoms with van der Waals surface area (Å²) in [6, 6.07) is 7.03. The van der Waals surface area contributed by atoms with Gasteiger partial charge in [0.25, 0.3) is 0 Å². The number of para-hydroxylation sites is 2. The Labute approximate surface area is 98.6 Å². The van der Waals surface area contributed by atoms with Gasteiger partial charge < -0.3 is 19.5 Å². The number of hydrogen-bond acceptors (Lipinski definition) is 4. The minimum atomic E-state index is -1.18. The lowest BCUT2D eigenvalue weighted by Gasteiger charge is -2.19. The number of hydrogen-bond donors (Lipinski definition) is 0. The lowest BCUT2D eigenvalue weighted by Crippen LogP contribution is -2.33. The van der Waals surface area contributed by atoms with Gasteiger partial charge in [0, 0.05) is 24.9 Å². The van der Waals surface area contributed by atoms with E-state index in [4.69, 9.17) is 4.74 Å². The lowest BCUT2D eigenvalue weighted by atomic mass is 10.1. The molecule has 17 heavy (non-hydrogen) atoms. The van der Waals surface area contributed by atoms with Crippen molar-refractivity contribution in [3.8, 4) is 5.75 Å². The Balaban J connectivity index is 2.29. The second-order valence-electron chi connectivity index (χ2n) is 3.90. The van der Waals surface area contributed by atoms with Crippen LogP contribution in [0.4, 0.5) is 5.69 Å². The highest BCUT2D eigenvalue weighted by Crippen LogP contribution is 2.32. The summed E-state index contributed by atoms with van der Waals surface area (Å²) in [7, 11) is 1.51. The van der Waals surface area contributed by atoms with Gasteiger partial charge in [0.15, 0.2) is 0 Å². The molecule has 5 heteroatoms. The van der Waals surface area contributed by atoms with Crippen LogP contribution >= 0.6 is 0 Å². The molecule has 90 valence electrons. The minimum absolute atomic E-state index is 0.0135. The number of nitrogens with zero attached hydrogens (tertiary/aromatic N) is 1. The maximum Gasteiger partial charge on any atom is 0.227 e. The molecule has 0 aromatic heterocycles. The van der Waals surface area contributed by atoms with Crippen LogP contribution in [0.1, 0.15) is 6.42 Å². The molecule has 5 nitrogen and oxygen atoms in total. The normalized spacial score (nSPS) is 19.5. The molecule has 0 N–H and O–H groups in total. The van der Waals surface area contributed by atoms with Crippen LogP contribution in [0.15, 0.2) is 24.3 Å². The molecule has 2 rings (SSSR count). The summed E-state index contributed by atoms with van der Waals surface area (Å²) in [4.78, 5) is 23.9. The van der Waals surface area contributed by atoms with E-state index in [1.54, 1.807) is 24.3 Å². The molecular weight excluding hydrogens is 222 g/mol. The van der Waals surface area contributed by atoms with Crippen molar-refractivity contribution in [3.63, 3.8) is 0 Å². The second-order valence-corrected chi connectivity index (χ2v) is 3.90. The van der Waals surface area contributed by atoms with Crippen LogP contribution < -0.4 is 14.7 Å². The number of ether oxygens (including phenoxy) is 1. The highest BCUT2D eigenvalue weighted by molar-refractivity contribution is 6.00. The van der Waals surface area contributed by atoms with Gasteiger partial charge in [-0.2, -0.15) is 0 Å². The Hall–Kier alpha value is -2.04. The third kappa shape index (κ3) is 2.08. The van der Waals surface area contributed by atoms with Gasteiger partial charge in [-0.25, -0.2) is 0 Å². The van der Waals surface area contributed by atoms with Crippen LogP contribution in [0.3, 0.4) is 0 Å². The van der Waals surface area contributed by atoms with Crippen molar-refractivity contribution < 1.29 is 19.4 Å². The zero-order chi connectivity index (χ0) is 12.4. The number of carboxylic acid groups (broad SMARTS) is 1. The Bertz CT molecular complexity index is 458. The number of benzene rings is 1. The Kier molecular flexibility index (Phi) is 2.99. The smallest absolute Gasteiger partial charge is 0.227 e. The summed E-state index contributed by atoms with van der Waals surface area (Å²) in [6.07, 6.45) is -0.0135. The number of amides is 1. The van der Waals surface area contributed by atoms with Gasteiger partial charge in [-0.05, 0) is 12.1 Å². The Morgan fingerprint density at radius 3 is 2.76 bits per heavy atom. The van der Waals surface area contributed by atoms with E-state index in [9.17, 15) is 14.7 Å². The van der Waals surface area contributed by atoms with E-state index in [1.165, 1.54) is 12.0 Å². The summed E-state index contributed by atoms with van der Waals surface area (Å²) >= 11 is 0. The summed E-state index contributed by atoms with van der Waals surface area (Å²) in [5.41, 5.74) is 0.601. The molecule has 1 heterocycles. The van der Waals surface area contributed by atoms with E-state index >= 15 is 0 Å². The fraction of sp³-hybridized carbons (Fsp3) is 0.333. The van der Waals surface area contributed by atoms with E-state index in [0.29, 0.717) is 11.4 Å². The maximum atomic E-state index is 11.7. The van der Waals surface area contributed by atoms with Crippen LogP contribution in [-0.4, -0.2) is 25.5 Å². The molecule has 1 atom stereocenters. The van der Waals surface area contributed by atoms with Crippen LogP contribution in [0.2, 0.25) is 0 Å². The average Bonchev–Trinajstić information content (AvgIpc) is 2.71. The van der Waals surface area contributed by atoms with Gasteiger partial charge in [0.05, 0.1) is 12.8 Å². The van der Waals surface area contributed by atoms with Gasteiger partial charge in [-0.3, -0.25) is 4.79 Å². The highest BCUT2D eigenvalue weighted by Gasteiger charge is 2.32.